The molecule has 0 heterocycles. The van der Waals surface area contributed by atoms with Gasteiger partial charge in [0.15, 0.2) is 0 Å². The third-order valence-electron chi connectivity index (χ3n) is 2.79. The average molecular weight is 236 g/mol. The van der Waals surface area contributed by atoms with Gasteiger partial charge in [-0.2, -0.15) is 0 Å². The van der Waals surface area contributed by atoms with Crippen LogP contribution in [0.2, 0.25) is 0 Å². The molecule has 0 aliphatic rings. The number of hydrogen-bond donors (Lipinski definition) is 1. The maximum atomic E-state index is 9.10. The molecule has 0 fully saturated rings. The van der Waals surface area contributed by atoms with Crippen LogP contribution < -0.4 is 9.47 Å². The Labute approximate surface area is 103 Å². The minimum absolute atomic E-state index is 0.129. The van der Waals surface area contributed by atoms with E-state index in [1.54, 1.807) is 14.2 Å². The summed E-state index contributed by atoms with van der Waals surface area (Å²) in [6.45, 7) is 6.07. The second-order valence-electron chi connectivity index (χ2n) is 4.06. The maximum absolute atomic E-state index is 9.10. The molecule has 94 valence electrons. The average Bonchev–Trinajstić information content (AvgIpc) is 2.34. The molecule has 1 N–H and O–H groups in total. The van der Waals surface area contributed by atoms with E-state index >= 15 is 0 Å². The van der Waals surface area contributed by atoms with Gasteiger partial charge >= 0.3 is 0 Å². The highest BCUT2D eigenvalue weighted by Gasteiger charge is 2.14. The Morgan fingerprint density at radius 1 is 1.24 bits per heavy atom. The molecule has 0 bridgehead atoms. The van der Waals surface area contributed by atoms with Crippen molar-refractivity contribution in [3.8, 4) is 11.5 Å². The molecule has 0 radical (unpaired) electrons. The smallest absolute Gasteiger partial charge is 0.122 e. The summed E-state index contributed by atoms with van der Waals surface area (Å²) in [6, 6.07) is 5.74. The van der Waals surface area contributed by atoms with Crippen molar-refractivity contribution in [1.82, 2.24) is 0 Å². The Bertz CT molecular complexity index is 363. The fourth-order valence-electron chi connectivity index (χ4n) is 1.86. The monoisotopic (exact) mass is 236 g/mol. The lowest BCUT2D eigenvalue weighted by atomic mass is 9.90. The van der Waals surface area contributed by atoms with Crippen molar-refractivity contribution in [2.24, 2.45) is 0 Å². The van der Waals surface area contributed by atoms with Crippen LogP contribution in [0, 0.1) is 0 Å². The molecular weight excluding hydrogens is 216 g/mol. The largest absolute Gasteiger partial charge is 0.497 e. The number of rotatable bonds is 6. The van der Waals surface area contributed by atoms with Crippen LogP contribution in [-0.4, -0.2) is 25.9 Å². The third kappa shape index (κ3) is 3.49. The molecule has 1 atom stereocenters. The number of benzene rings is 1. The zero-order valence-electron chi connectivity index (χ0n) is 10.7. The molecule has 0 saturated carbocycles. The predicted octanol–water partition coefficient (Wildman–Crippen LogP) is 2.75. The number of aliphatic hydroxyl groups is 1. The first-order valence-corrected chi connectivity index (χ1v) is 5.61. The molecule has 0 saturated heterocycles. The molecule has 1 aromatic carbocycles. The van der Waals surface area contributed by atoms with Crippen LogP contribution in [-0.2, 0) is 0 Å². The molecule has 0 amide bonds. The van der Waals surface area contributed by atoms with Gasteiger partial charge < -0.3 is 14.6 Å². The highest BCUT2D eigenvalue weighted by atomic mass is 16.5. The van der Waals surface area contributed by atoms with E-state index in [0.29, 0.717) is 6.42 Å². The maximum Gasteiger partial charge on any atom is 0.122 e. The van der Waals surface area contributed by atoms with E-state index in [9.17, 15) is 0 Å². The van der Waals surface area contributed by atoms with Gasteiger partial charge in [0.05, 0.1) is 14.2 Å². The van der Waals surface area contributed by atoms with Gasteiger partial charge in [-0.3, -0.25) is 0 Å². The second-order valence-corrected chi connectivity index (χ2v) is 4.06. The standard InChI is InChI=1S/C14H20O3/c1-10(2)14(5-6-15)11-7-12(16-3)9-13(8-11)17-4/h7-9,14-15H,1,5-6H2,2-4H3. The predicted molar refractivity (Wildman–Crippen MR) is 68.8 cm³/mol. The van der Waals surface area contributed by atoms with E-state index in [0.717, 1.165) is 22.6 Å². The van der Waals surface area contributed by atoms with Gasteiger partial charge in [0.25, 0.3) is 0 Å². The van der Waals surface area contributed by atoms with Crippen LogP contribution in [0.15, 0.2) is 30.4 Å². The summed E-state index contributed by atoms with van der Waals surface area (Å²) >= 11 is 0. The van der Waals surface area contributed by atoms with E-state index in [4.69, 9.17) is 14.6 Å². The second kappa shape index (κ2) is 6.30. The first kappa shape index (κ1) is 13.6. The molecule has 1 rings (SSSR count). The van der Waals surface area contributed by atoms with Gasteiger partial charge in [-0.25, -0.2) is 0 Å². The van der Waals surface area contributed by atoms with Gasteiger partial charge in [0.1, 0.15) is 11.5 Å². The summed E-state index contributed by atoms with van der Waals surface area (Å²) in [7, 11) is 3.25. The number of ether oxygens (including phenoxy) is 2. The van der Waals surface area contributed by atoms with Crippen molar-refractivity contribution in [1.29, 1.82) is 0 Å². The summed E-state index contributed by atoms with van der Waals surface area (Å²) in [5, 5.41) is 9.10. The van der Waals surface area contributed by atoms with Crippen molar-refractivity contribution >= 4 is 0 Å². The minimum Gasteiger partial charge on any atom is -0.497 e. The Kier molecular flexibility index (Phi) is 5.04. The Balaban J connectivity index is 3.12. The molecule has 1 aromatic rings. The van der Waals surface area contributed by atoms with Crippen LogP contribution >= 0.6 is 0 Å². The molecular formula is C14H20O3. The topological polar surface area (TPSA) is 38.7 Å². The van der Waals surface area contributed by atoms with E-state index in [1.807, 2.05) is 25.1 Å². The normalized spacial score (nSPS) is 12.0. The lowest BCUT2D eigenvalue weighted by Gasteiger charge is -2.18. The fraction of sp³-hybridized carbons (Fsp3) is 0.429. The minimum atomic E-state index is 0.129. The van der Waals surface area contributed by atoms with Crippen molar-refractivity contribution in [2.75, 3.05) is 20.8 Å². The van der Waals surface area contributed by atoms with Crippen molar-refractivity contribution in [2.45, 2.75) is 19.3 Å². The zero-order valence-corrected chi connectivity index (χ0v) is 10.7. The van der Waals surface area contributed by atoms with Gasteiger partial charge in [0.2, 0.25) is 0 Å². The van der Waals surface area contributed by atoms with E-state index < -0.39 is 0 Å². The summed E-state index contributed by atoms with van der Waals surface area (Å²) in [5.41, 5.74) is 2.08. The number of allylic oxidation sites excluding steroid dienone is 1. The van der Waals surface area contributed by atoms with E-state index in [-0.39, 0.29) is 12.5 Å². The Morgan fingerprint density at radius 2 is 1.76 bits per heavy atom. The zero-order chi connectivity index (χ0) is 12.8. The molecule has 17 heavy (non-hydrogen) atoms. The summed E-state index contributed by atoms with van der Waals surface area (Å²) in [5.74, 6) is 1.64. The molecule has 0 aliphatic heterocycles. The van der Waals surface area contributed by atoms with Gasteiger partial charge in [-0.1, -0.05) is 12.2 Å². The highest BCUT2D eigenvalue weighted by molar-refractivity contribution is 5.42. The van der Waals surface area contributed by atoms with E-state index in [1.165, 1.54) is 0 Å². The summed E-state index contributed by atoms with van der Waals surface area (Å²) in [6.07, 6.45) is 0.658. The Hall–Kier alpha value is -1.48. The lowest BCUT2D eigenvalue weighted by Crippen LogP contribution is -2.03. The van der Waals surface area contributed by atoms with Crippen LogP contribution in [0.5, 0.6) is 11.5 Å². The van der Waals surface area contributed by atoms with Gasteiger partial charge in [-0.05, 0) is 31.0 Å². The third-order valence-corrected chi connectivity index (χ3v) is 2.79. The van der Waals surface area contributed by atoms with Crippen molar-refractivity contribution < 1.29 is 14.6 Å². The summed E-state index contributed by atoms with van der Waals surface area (Å²) < 4.78 is 10.5. The number of hydrogen-bond acceptors (Lipinski definition) is 3. The molecule has 0 spiro atoms. The first-order valence-electron chi connectivity index (χ1n) is 5.61. The SMILES string of the molecule is C=C(C)C(CCO)c1cc(OC)cc(OC)c1. The van der Waals surface area contributed by atoms with Gasteiger partial charge in [-0.15, -0.1) is 0 Å². The van der Waals surface area contributed by atoms with Crippen LogP contribution in [0.1, 0.15) is 24.8 Å². The van der Waals surface area contributed by atoms with Crippen LogP contribution in [0.25, 0.3) is 0 Å². The molecule has 3 nitrogen and oxygen atoms in total. The lowest BCUT2D eigenvalue weighted by molar-refractivity contribution is 0.280. The molecule has 0 aromatic heterocycles. The van der Waals surface area contributed by atoms with Crippen molar-refractivity contribution in [3.05, 3.63) is 35.9 Å². The van der Waals surface area contributed by atoms with Crippen molar-refractivity contribution in [3.63, 3.8) is 0 Å². The molecule has 3 heteroatoms. The first-order chi connectivity index (χ1) is 8.12. The number of aliphatic hydroxyl groups excluding tert-OH is 1. The number of methoxy groups -OCH3 is 2. The molecule has 1 unspecified atom stereocenters. The van der Waals surface area contributed by atoms with Crippen LogP contribution in [0.4, 0.5) is 0 Å². The van der Waals surface area contributed by atoms with Gasteiger partial charge in [0, 0.05) is 18.6 Å². The highest BCUT2D eigenvalue weighted by Crippen LogP contribution is 2.32. The quantitative estimate of drug-likeness (QED) is 0.772. The van der Waals surface area contributed by atoms with E-state index in [2.05, 4.69) is 6.58 Å². The van der Waals surface area contributed by atoms with Crippen LogP contribution in [0.3, 0.4) is 0 Å². The summed E-state index contributed by atoms with van der Waals surface area (Å²) in [4.78, 5) is 0. The molecule has 0 aliphatic carbocycles. The Morgan fingerprint density at radius 3 is 2.12 bits per heavy atom. The fourth-order valence-corrected chi connectivity index (χ4v) is 1.86.